The third-order valence-electron chi connectivity index (χ3n) is 5.88. The number of carbonyl (C=O) groups is 1. The van der Waals surface area contributed by atoms with Gasteiger partial charge in [0.15, 0.2) is 5.84 Å². The number of nitrogens with zero attached hydrogens (tertiary/aromatic N) is 4. The third-order valence-corrected chi connectivity index (χ3v) is 6.84. The van der Waals surface area contributed by atoms with Crippen molar-refractivity contribution in [1.29, 1.82) is 5.41 Å². The number of aromatic nitrogens is 1. The molecule has 0 atom stereocenters. The van der Waals surface area contributed by atoms with E-state index >= 15 is 0 Å². The first-order chi connectivity index (χ1) is 16.5. The minimum atomic E-state index is -0.427. The summed E-state index contributed by atoms with van der Waals surface area (Å²) in [6.45, 7) is 2.71. The topological polar surface area (TPSA) is 73.8 Å². The molecule has 34 heavy (non-hydrogen) atoms. The molecule has 2 aliphatic rings. The molecule has 0 saturated heterocycles. The molecule has 0 radical (unpaired) electrons. The van der Waals surface area contributed by atoms with Crippen molar-refractivity contribution in [2.75, 3.05) is 0 Å². The van der Waals surface area contributed by atoms with Crippen LogP contribution >= 0.6 is 11.8 Å². The van der Waals surface area contributed by atoms with Gasteiger partial charge < -0.3 is 4.57 Å². The number of carbonyl (C=O) groups excluding carboxylic acids is 1. The lowest BCUT2D eigenvalue weighted by Gasteiger charge is -2.20. The maximum atomic E-state index is 13.3. The van der Waals surface area contributed by atoms with Gasteiger partial charge >= 0.3 is 0 Å². The molecule has 1 amide bonds. The Kier molecular flexibility index (Phi) is 6.15. The van der Waals surface area contributed by atoms with Crippen LogP contribution < -0.4 is 0 Å². The normalized spacial score (nSPS) is 16.9. The number of unbranched alkanes of at least 4 members (excludes halogenated alkanes) is 2. The zero-order valence-electron chi connectivity index (χ0n) is 18.8. The minimum absolute atomic E-state index is 0.0448. The Labute approximate surface area is 201 Å². The van der Waals surface area contributed by atoms with Crippen molar-refractivity contribution in [2.24, 2.45) is 10.1 Å². The van der Waals surface area contributed by atoms with Crippen LogP contribution in [0.5, 0.6) is 0 Å². The number of benzene rings is 2. The number of amides is 1. The number of fused-ring (bicyclic) bond motifs is 2. The molecule has 2 aromatic carbocycles. The van der Waals surface area contributed by atoms with Gasteiger partial charge in [-0.15, -0.1) is 0 Å². The van der Waals surface area contributed by atoms with Gasteiger partial charge in [0.25, 0.3) is 5.91 Å². The summed E-state index contributed by atoms with van der Waals surface area (Å²) in [5.41, 5.74) is 3.00. The van der Waals surface area contributed by atoms with Crippen molar-refractivity contribution >= 4 is 50.7 Å². The van der Waals surface area contributed by atoms with E-state index in [0.717, 1.165) is 52.8 Å². The van der Waals surface area contributed by atoms with Crippen LogP contribution in [0.1, 0.15) is 43.7 Å². The highest BCUT2D eigenvalue weighted by Crippen LogP contribution is 2.31. The first kappa shape index (κ1) is 22.3. The second-order valence-electron chi connectivity index (χ2n) is 8.33. The number of rotatable bonds is 7. The molecular formula is C26H24FN5OS. The van der Waals surface area contributed by atoms with Gasteiger partial charge in [0.1, 0.15) is 10.9 Å². The highest BCUT2D eigenvalue weighted by molar-refractivity contribution is 8.26. The van der Waals surface area contributed by atoms with Gasteiger partial charge in [-0.05, 0) is 54.4 Å². The van der Waals surface area contributed by atoms with E-state index in [1.54, 1.807) is 18.2 Å². The number of hydrogen-bond donors (Lipinski definition) is 1. The van der Waals surface area contributed by atoms with Crippen molar-refractivity contribution in [3.05, 3.63) is 77.2 Å². The molecule has 0 bridgehead atoms. The molecule has 3 aromatic rings. The van der Waals surface area contributed by atoms with Gasteiger partial charge in [-0.3, -0.25) is 10.2 Å². The monoisotopic (exact) mass is 473 g/mol. The molecule has 0 fully saturated rings. The first-order valence-corrected chi connectivity index (χ1v) is 12.2. The molecule has 1 N–H and O–H groups in total. The van der Waals surface area contributed by atoms with Crippen molar-refractivity contribution in [3.8, 4) is 0 Å². The smallest absolute Gasteiger partial charge is 0.283 e. The average molecular weight is 474 g/mol. The van der Waals surface area contributed by atoms with E-state index < -0.39 is 5.91 Å². The van der Waals surface area contributed by atoms with Crippen LogP contribution in [-0.4, -0.2) is 31.5 Å². The zero-order valence-corrected chi connectivity index (χ0v) is 19.6. The standard InChI is InChI=1S/C26H24FN5OS/c1-2-3-4-9-23-30-32-24(28)21(25(33)29-26(32)34-23)14-18-16-31(22-8-6-5-7-20(18)22)15-17-10-12-19(27)13-11-17/h5-8,10-14,16,28H,2-4,9,15H2,1H3. The Morgan fingerprint density at radius 3 is 2.71 bits per heavy atom. The number of halogens is 1. The van der Waals surface area contributed by atoms with E-state index in [2.05, 4.69) is 21.6 Å². The van der Waals surface area contributed by atoms with E-state index in [4.69, 9.17) is 5.41 Å². The maximum Gasteiger partial charge on any atom is 0.283 e. The largest absolute Gasteiger partial charge is 0.342 e. The summed E-state index contributed by atoms with van der Waals surface area (Å²) >= 11 is 1.38. The molecule has 6 nitrogen and oxygen atoms in total. The molecule has 5 rings (SSSR count). The number of nitrogens with one attached hydrogen (secondary N) is 1. The Morgan fingerprint density at radius 1 is 1.12 bits per heavy atom. The molecule has 0 aliphatic carbocycles. The zero-order chi connectivity index (χ0) is 23.7. The number of hydrogen-bond acceptors (Lipinski definition) is 4. The Balaban J connectivity index is 1.47. The van der Waals surface area contributed by atoms with Crippen molar-refractivity contribution in [1.82, 2.24) is 9.58 Å². The van der Waals surface area contributed by atoms with Gasteiger partial charge in [-0.2, -0.15) is 15.1 Å². The molecule has 2 aliphatic heterocycles. The quantitative estimate of drug-likeness (QED) is 0.336. The summed E-state index contributed by atoms with van der Waals surface area (Å²) in [4.78, 5) is 17.1. The minimum Gasteiger partial charge on any atom is -0.342 e. The summed E-state index contributed by atoms with van der Waals surface area (Å²) in [7, 11) is 0. The number of amidine groups is 2. The lowest BCUT2D eigenvalue weighted by molar-refractivity contribution is -0.114. The summed E-state index contributed by atoms with van der Waals surface area (Å²) < 4.78 is 15.4. The highest BCUT2D eigenvalue weighted by atomic mass is 32.2. The van der Waals surface area contributed by atoms with Crippen molar-refractivity contribution in [2.45, 2.75) is 39.2 Å². The Bertz CT molecular complexity index is 1370. The third kappa shape index (κ3) is 4.33. The predicted octanol–water partition coefficient (Wildman–Crippen LogP) is 6.03. The van der Waals surface area contributed by atoms with Gasteiger partial charge in [-0.25, -0.2) is 4.39 Å². The van der Waals surface area contributed by atoms with E-state index in [-0.39, 0.29) is 17.2 Å². The first-order valence-electron chi connectivity index (χ1n) is 11.3. The summed E-state index contributed by atoms with van der Waals surface area (Å²) in [5, 5.41) is 17.0. The van der Waals surface area contributed by atoms with Crippen LogP contribution in [0.15, 0.2) is 70.4 Å². The van der Waals surface area contributed by atoms with Crippen molar-refractivity contribution < 1.29 is 9.18 Å². The van der Waals surface area contributed by atoms with Gasteiger partial charge in [0.05, 0.1) is 5.57 Å². The van der Waals surface area contributed by atoms with E-state index in [0.29, 0.717) is 11.7 Å². The maximum absolute atomic E-state index is 13.3. The lowest BCUT2D eigenvalue weighted by atomic mass is 10.1. The van der Waals surface area contributed by atoms with Gasteiger partial charge in [-0.1, -0.05) is 50.1 Å². The fourth-order valence-corrected chi connectivity index (χ4v) is 5.05. The predicted molar refractivity (Wildman–Crippen MR) is 137 cm³/mol. The lowest BCUT2D eigenvalue weighted by Crippen LogP contribution is -2.35. The molecular weight excluding hydrogens is 449 g/mol. The van der Waals surface area contributed by atoms with Crippen LogP contribution in [0.4, 0.5) is 4.39 Å². The summed E-state index contributed by atoms with van der Waals surface area (Å²) in [6, 6.07) is 14.3. The van der Waals surface area contributed by atoms with Crippen LogP contribution in [0.3, 0.4) is 0 Å². The fraction of sp³-hybridized carbons (Fsp3) is 0.231. The summed E-state index contributed by atoms with van der Waals surface area (Å²) in [6.07, 6.45) is 7.78. The molecule has 0 spiro atoms. The Hall–Kier alpha value is -3.52. The molecule has 0 saturated carbocycles. The number of aliphatic imine (C=N–C) groups is 1. The number of thioether (sulfide) groups is 1. The number of hydrazone groups is 1. The summed E-state index contributed by atoms with van der Waals surface area (Å²) in [5.74, 6) is -0.649. The van der Waals surface area contributed by atoms with Crippen LogP contribution in [-0.2, 0) is 11.3 Å². The SMILES string of the molecule is CCCCCC1=NN2C(=N)C(=Cc3cn(Cc4ccc(F)cc4)c4ccccc34)C(=O)N=C2S1. The second kappa shape index (κ2) is 9.38. The second-order valence-corrected chi connectivity index (χ2v) is 9.37. The van der Waals surface area contributed by atoms with Crippen LogP contribution in [0, 0.1) is 11.2 Å². The van der Waals surface area contributed by atoms with Gasteiger partial charge in [0.2, 0.25) is 5.17 Å². The fourth-order valence-electron chi connectivity index (χ4n) is 4.12. The van der Waals surface area contributed by atoms with Crippen molar-refractivity contribution in [3.63, 3.8) is 0 Å². The number of para-hydroxylation sites is 1. The van der Waals surface area contributed by atoms with E-state index in [1.165, 1.54) is 28.9 Å². The average Bonchev–Trinajstić information content (AvgIpc) is 3.40. The van der Waals surface area contributed by atoms with Gasteiger partial charge in [0, 0.05) is 29.2 Å². The van der Waals surface area contributed by atoms with E-state index in [9.17, 15) is 9.18 Å². The van der Waals surface area contributed by atoms with E-state index in [1.807, 2.05) is 30.5 Å². The highest BCUT2D eigenvalue weighted by Gasteiger charge is 2.35. The van der Waals surface area contributed by atoms with Crippen LogP contribution in [0.2, 0.25) is 0 Å². The molecule has 3 heterocycles. The Morgan fingerprint density at radius 2 is 1.91 bits per heavy atom. The molecule has 8 heteroatoms. The van der Waals surface area contributed by atoms with Crippen LogP contribution in [0.25, 0.3) is 17.0 Å². The molecule has 172 valence electrons. The molecule has 0 unspecified atom stereocenters. The molecule has 1 aromatic heterocycles.